The van der Waals surface area contributed by atoms with Gasteiger partial charge in [-0.25, -0.2) is 4.98 Å². The Morgan fingerprint density at radius 3 is 2.17 bits per heavy atom. The molecular formula is C33H42N2. The topological polar surface area (TPSA) is 17.8 Å². The minimum Gasteiger partial charge on any atom is -0.300 e. The second kappa shape index (κ2) is 8.66. The molecule has 0 radical (unpaired) electrons. The number of nitrogens with zero attached hydrogens (tertiary/aromatic N) is 2. The van der Waals surface area contributed by atoms with E-state index in [1.54, 1.807) is 0 Å². The van der Waals surface area contributed by atoms with Gasteiger partial charge in [0.15, 0.2) is 0 Å². The molecule has 0 bridgehead atoms. The number of fused-ring (bicyclic) bond motifs is 3. The van der Waals surface area contributed by atoms with Gasteiger partial charge in [-0.3, -0.25) is 4.57 Å². The lowest BCUT2D eigenvalue weighted by Crippen LogP contribution is -2.19. The van der Waals surface area contributed by atoms with Crippen LogP contribution < -0.4 is 0 Å². The zero-order chi connectivity index (χ0) is 25.9. The van der Waals surface area contributed by atoms with Gasteiger partial charge in [0.05, 0.1) is 0 Å². The maximum atomic E-state index is 4.97. The molecule has 4 rings (SSSR count). The van der Waals surface area contributed by atoms with Crippen LogP contribution in [-0.4, -0.2) is 9.55 Å². The molecule has 1 heterocycles. The van der Waals surface area contributed by atoms with E-state index < -0.39 is 0 Å². The molecule has 2 aromatic carbocycles. The van der Waals surface area contributed by atoms with E-state index in [-0.39, 0.29) is 10.8 Å². The van der Waals surface area contributed by atoms with Crippen LogP contribution in [0, 0.1) is 11.8 Å². The highest BCUT2D eigenvalue weighted by Gasteiger charge is 2.37. The molecule has 0 amide bonds. The van der Waals surface area contributed by atoms with Crippen molar-refractivity contribution in [1.82, 2.24) is 9.55 Å². The molecule has 0 atom stereocenters. The number of benzene rings is 2. The maximum absolute atomic E-state index is 4.97. The summed E-state index contributed by atoms with van der Waals surface area (Å²) in [6.07, 6.45) is 4.05. The van der Waals surface area contributed by atoms with Gasteiger partial charge in [-0.1, -0.05) is 99.2 Å². The average Bonchev–Trinajstić information content (AvgIpc) is 3.34. The van der Waals surface area contributed by atoms with Crippen LogP contribution >= 0.6 is 0 Å². The van der Waals surface area contributed by atoms with Crippen molar-refractivity contribution in [2.75, 3.05) is 0 Å². The number of aromatic nitrogens is 2. The third-order valence-corrected chi connectivity index (χ3v) is 7.89. The summed E-state index contributed by atoms with van der Waals surface area (Å²) in [5.41, 5.74) is 11.7. The van der Waals surface area contributed by atoms with E-state index in [4.69, 9.17) is 4.98 Å². The first-order valence-corrected chi connectivity index (χ1v) is 13.0. The van der Waals surface area contributed by atoms with Crippen molar-refractivity contribution in [1.29, 1.82) is 0 Å². The highest BCUT2D eigenvalue weighted by Crippen LogP contribution is 2.51. The standard InChI is InChI=1S/C33H42N2/c1-20(2)22(5)30(23(6)21(3)4)35-17-16-34-31(35)26-18-25-24-14-12-13-15-27(24)33(10,11)29(25)19-28(26)32(7,8)9/h12-21H,5H2,1-4,6-11H3/b30-23-. The molecule has 0 N–H and O–H groups in total. The molecule has 1 aliphatic rings. The smallest absolute Gasteiger partial charge is 0.144 e. The quantitative estimate of drug-likeness (QED) is 0.343. The Balaban J connectivity index is 2.05. The van der Waals surface area contributed by atoms with Crippen LogP contribution in [0.2, 0.25) is 0 Å². The molecule has 2 nitrogen and oxygen atoms in total. The summed E-state index contributed by atoms with van der Waals surface area (Å²) in [5.74, 6) is 1.77. The highest BCUT2D eigenvalue weighted by atomic mass is 15.1. The lowest BCUT2D eigenvalue weighted by molar-refractivity contribution is 0.585. The minimum atomic E-state index is -0.0297. The van der Waals surface area contributed by atoms with Crippen LogP contribution in [0.15, 0.2) is 66.5 Å². The van der Waals surface area contributed by atoms with Crippen LogP contribution in [0.25, 0.3) is 28.2 Å². The second-order valence-electron chi connectivity index (χ2n) is 12.4. The monoisotopic (exact) mass is 466 g/mol. The Kier molecular flexibility index (Phi) is 6.24. The summed E-state index contributed by atoms with van der Waals surface area (Å²) < 4.78 is 2.29. The van der Waals surface area contributed by atoms with E-state index in [0.717, 1.165) is 11.4 Å². The largest absolute Gasteiger partial charge is 0.300 e. The van der Waals surface area contributed by atoms with Crippen molar-refractivity contribution in [2.45, 2.75) is 80.1 Å². The van der Waals surface area contributed by atoms with Crippen molar-refractivity contribution >= 4 is 5.70 Å². The van der Waals surface area contributed by atoms with Gasteiger partial charge in [-0.05, 0) is 69.2 Å². The van der Waals surface area contributed by atoms with E-state index in [0.29, 0.717) is 11.8 Å². The van der Waals surface area contributed by atoms with Crippen molar-refractivity contribution in [3.05, 3.63) is 83.2 Å². The Bertz CT molecular complexity index is 1320. The zero-order valence-corrected chi connectivity index (χ0v) is 23.4. The molecule has 1 aromatic heterocycles. The van der Waals surface area contributed by atoms with Gasteiger partial charge in [-0.15, -0.1) is 0 Å². The second-order valence-corrected chi connectivity index (χ2v) is 12.4. The molecule has 0 fully saturated rings. The van der Waals surface area contributed by atoms with Crippen LogP contribution in [0.5, 0.6) is 0 Å². The first-order chi connectivity index (χ1) is 16.3. The molecule has 3 aromatic rings. The summed E-state index contributed by atoms with van der Waals surface area (Å²) in [6.45, 7) is 27.4. The molecule has 2 heteroatoms. The summed E-state index contributed by atoms with van der Waals surface area (Å²) in [6, 6.07) is 13.7. The average molecular weight is 467 g/mol. The minimum absolute atomic E-state index is 0.0227. The molecule has 0 saturated carbocycles. The lowest BCUT2D eigenvalue weighted by Gasteiger charge is -2.29. The third-order valence-electron chi connectivity index (χ3n) is 7.89. The van der Waals surface area contributed by atoms with E-state index in [2.05, 4.69) is 123 Å². The number of allylic oxidation sites excluding steroid dienone is 3. The fourth-order valence-electron chi connectivity index (χ4n) is 5.38. The Hall–Kier alpha value is -2.87. The predicted molar refractivity (Wildman–Crippen MR) is 152 cm³/mol. The Labute approximate surface area is 212 Å². The number of hydrogen-bond acceptors (Lipinski definition) is 1. The molecule has 0 saturated heterocycles. The van der Waals surface area contributed by atoms with E-state index >= 15 is 0 Å². The van der Waals surface area contributed by atoms with Crippen molar-refractivity contribution < 1.29 is 0 Å². The van der Waals surface area contributed by atoms with Crippen molar-refractivity contribution in [3.63, 3.8) is 0 Å². The van der Waals surface area contributed by atoms with E-state index in [1.807, 2.05) is 6.20 Å². The van der Waals surface area contributed by atoms with Gasteiger partial charge in [-0.2, -0.15) is 0 Å². The third kappa shape index (κ3) is 4.11. The summed E-state index contributed by atoms with van der Waals surface area (Å²) >= 11 is 0. The summed E-state index contributed by atoms with van der Waals surface area (Å²) in [4.78, 5) is 4.97. The summed E-state index contributed by atoms with van der Waals surface area (Å²) in [5, 5.41) is 0. The predicted octanol–water partition coefficient (Wildman–Crippen LogP) is 9.25. The van der Waals surface area contributed by atoms with Gasteiger partial charge in [0, 0.05) is 29.1 Å². The van der Waals surface area contributed by atoms with Crippen LogP contribution in [0.4, 0.5) is 0 Å². The zero-order valence-electron chi connectivity index (χ0n) is 23.4. The van der Waals surface area contributed by atoms with Gasteiger partial charge in [0.2, 0.25) is 0 Å². The SMILES string of the molecule is C=C(/C(=C(\C)C(C)C)n1ccnc1-c1cc2c(cc1C(C)(C)C)C(C)(C)c1ccccc1-2)C(C)C. The van der Waals surface area contributed by atoms with Crippen LogP contribution in [0.1, 0.15) is 85.9 Å². The van der Waals surface area contributed by atoms with Gasteiger partial charge < -0.3 is 0 Å². The molecule has 0 spiro atoms. The molecule has 0 unspecified atom stereocenters. The fourth-order valence-corrected chi connectivity index (χ4v) is 5.38. The van der Waals surface area contributed by atoms with E-state index in [9.17, 15) is 0 Å². The highest BCUT2D eigenvalue weighted by molar-refractivity contribution is 5.86. The van der Waals surface area contributed by atoms with E-state index in [1.165, 1.54) is 44.7 Å². The van der Waals surface area contributed by atoms with Crippen LogP contribution in [0.3, 0.4) is 0 Å². The van der Waals surface area contributed by atoms with Crippen molar-refractivity contribution in [3.8, 4) is 22.5 Å². The normalized spacial score (nSPS) is 15.3. The lowest BCUT2D eigenvalue weighted by atomic mass is 9.77. The molecule has 1 aliphatic carbocycles. The first-order valence-electron chi connectivity index (χ1n) is 13.0. The van der Waals surface area contributed by atoms with Crippen molar-refractivity contribution in [2.24, 2.45) is 11.8 Å². The number of imidazole rings is 1. The Morgan fingerprint density at radius 2 is 1.57 bits per heavy atom. The first kappa shape index (κ1) is 25.2. The molecule has 184 valence electrons. The molecular weight excluding hydrogens is 424 g/mol. The number of hydrogen-bond donors (Lipinski definition) is 0. The molecule has 0 aliphatic heterocycles. The Morgan fingerprint density at radius 1 is 0.914 bits per heavy atom. The summed E-state index contributed by atoms with van der Waals surface area (Å²) in [7, 11) is 0. The van der Waals surface area contributed by atoms with Gasteiger partial charge in [0.1, 0.15) is 5.82 Å². The maximum Gasteiger partial charge on any atom is 0.144 e. The van der Waals surface area contributed by atoms with Gasteiger partial charge in [0.25, 0.3) is 0 Å². The molecule has 35 heavy (non-hydrogen) atoms. The number of rotatable bonds is 5. The van der Waals surface area contributed by atoms with Crippen LogP contribution in [-0.2, 0) is 10.8 Å². The van der Waals surface area contributed by atoms with Gasteiger partial charge >= 0.3 is 0 Å². The fraction of sp³-hybridized carbons (Fsp3) is 0.424.